The summed E-state index contributed by atoms with van der Waals surface area (Å²) >= 11 is 2.39. The zero-order valence-corrected chi connectivity index (χ0v) is 30.4. The Balaban J connectivity index is 2.14. The van der Waals surface area contributed by atoms with Gasteiger partial charge in [-0.05, 0) is 97.2 Å². The van der Waals surface area contributed by atoms with Gasteiger partial charge in [-0.2, -0.15) is 0 Å². The first kappa shape index (κ1) is 35.6. The molecule has 0 saturated heterocycles. The summed E-state index contributed by atoms with van der Waals surface area (Å²) in [6.45, 7) is 17.8. The number of ether oxygens (including phenoxy) is 3. The molecular weight excluding hydrogens is 671 g/mol. The molecule has 2 unspecified atom stereocenters. The number of esters is 1. The fourth-order valence-electron chi connectivity index (χ4n) is 5.65. The molecule has 8 heteroatoms. The van der Waals surface area contributed by atoms with Crippen LogP contribution in [0.4, 0.5) is 0 Å². The fourth-order valence-corrected chi connectivity index (χ4v) is 7.56. The van der Waals surface area contributed by atoms with Crippen molar-refractivity contribution in [2.75, 3.05) is 24.8 Å². The maximum absolute atomic E-state index is 13.8. The molecule has 43 heavy (non-hydrogen) atoms. The van der Waals surface area contributed by atoms with Crippen LogP contribution in [-0.2, 0) is 14.0 Å². The number of Topliss-reactive ketones (excluding diaryl/α,β-unsaturated/α-hetero) is 1. The Labute approximate surface area is 273 Å². The van der Waals surface area contributed by atoms with Crippen LogP contribution in [0.25, 0.3) is 6.08 Å². The highest BCUT2D eigenvalue weighted by Crippen LogP contribution is 2.45. The minimum absolute atomic E-state index is 0.00504. The number of alkyl halides is 1. The molecule has 2 aliphatic carbocycles. The van der Waals surface area contributed by atoms with E-state index in [1.807, 2.05) is 12.1 Å². The van der Waals surface area contributed by atoms with Crippen molar-refractivity contribution in [3.05, 3.63) is 53.1 Å². The Kier molecular flexibility index (Phi) is 13.1. The molecule has 238 valence electrons. The van der Waals surface area contributed by atoms with Crippen LogP contribution >= 0.6 is 22.6 Å². The van der Waals surface area contributed by atoms with Crippen molar-refractivity contribution in [3.63, 3.8) is 0 Å². The molecule has 0 fully saturated rings. The topological polar surface area (TPSA) is 71.1 Å². The Morgan fingerprint density at radius 3 is 2.53 bits per heavy atom. The van der Waals surface area contributed by atoms with E-state index >= 15 is 0 Å². The van der Waals surface area contributed by atoms with Gasteiger partial charge >= 0.3 is 5.97 Å². The van der Waals surface area contributed by atoms with Crippen LogP contribution in [0.2, 0.25) is 18.1 Å². The summed E-state index contributed by atoms with van der Waals surface area (Å²) in [6.07, 6.45) is 11.1. The fraction of sp³-hybridized carbons (Fsp3) is 0.600. The second-order valence-electron chi connectivity index (χ2n) is 13.4. The van der Waals surface area contributed by atoms with Crippen molar-refractivity contribution >= 4 is 48.7 Å². The predicted octanol–water partition coefficient (Wildman–Crippen LogP) is 9.13. The lowest BCUT2D eigenvalue weighted by molar-refractivity contribution is -0.138. The van der Waals surface area contributed by atoms with Gasteiger partial charge in [-0.1, -0.05) is 67.7 Å². The number of hydrogen-bond acceptors (Lipinski definition) is 6. The SMILES string of the molecule is C=CCOC(=O)/C1=C\c2cc(OCCCCCI)c(OC)cc2C(=O)CCC2C=C(C)C[C@H]2C(O[Si](C)(C)C(C)(C)C)C1. The van der Waals surface area contributed by atoms with Crippen molar-refractivity contribution in [2.45, 2.75) is 96.9 Å². The zero-order chi connectivity index (χ0) is 31.8. The maximum atomic E-state index is 13.8. The third kappa shape index (κ3) is 9.54. The molecule has 0 aliphatic heterocycles. The summed E-state index contributed by atoms with van der Waals surface area (Å²) in [5.74, 6) is 1.06. The molecular formula is C35H51IO6Si. The average molecular weight is 723 g/mol. The Hall–Kier alpha value is -1.91. The number of methoxy groups -OCH3 is 1. The summed E-state index contributed by atoms with van der Waals surface area (Å²) in [5.41, 5.74) is 2.97. The van der Waals surface area contributed by atoms with Gasteiger partial charge in [-0.3, -0.25) is 4.79 Å². The van der Waals surface area contributed by atoms with Gasteiger partial charge in [-0.25, -0.2) is 4.79 Å². The minimum atomic E-state index is -2.20. The number of benzene rings is 1. The van der Waals surface area contributed by atoms with Gasteiger partial charge in [0.05, 0.1) is 19.8 Å². The number of rotatable bonds is 12. The third-order valence-electron chi connectivity index (χ3n) is 9.06. The van der Waals surface area contributed by atoms with E-state index in [9.17, 15) is 9.59 Å². The lowest BCUT2D eigenvalue weighted by Gasteiger charge is -2.42. The van der Waals surface area contributed by atoms with Crippen molar-refractivity contribution in [2.24, 2.45) is 11.8 Å². The molecule has 0 bridgehead atoms. The normalized spacial score (nSPS) is 22.3. The van der Waals surface area contributed by atoms with Crippen LogP contribution < -0.4 is 9.47 Å². The van der Waals surface area contributed by atoms with Gasteiger partial charge in [-0.15, -0.1) is 0 Å². The highest BCUT2D eigenvalue weighted by Gasteiger charge is 2.43. The minimum Gasteiger partial charge on any atom is -0.493 e. The van der Waals surface area contributed by atoms with Crippen LogP contribution in [0.15, 0.2) is 42.0 Å². The summed E-state index contributed by atoms with van der Waals surface area (Å²) in [7, 11) is -0.607. The van der Waals surface area contributed by atoms with E-state index in [1.165, 1.54) is 5.57 Å². The summed E-state index contributed by atoms with van der Waals surface area (Å²) < 4.78 is 25.7. The summed E-state index contributed by atoms with van der Waals surface area (Å²) in [6, 6.07) is 3.62. The highest BCUT2D eigenvalue weighted by atomic mass is 127. The molecule has 3 atom stereocenters. The lowest BCUT2D eigenvalue weighted by Crippen LogP contribution is -2.46. The Bertz CT molecular complexity index is 1210. The Morgan fingerprint density at radius 2 is 1.88 bits per heavy atom. The van der Waals surface area contributed by atoms with E-state index in [-0.39, 0.29) is 35.4 Å². The Morgan fingerprint density at radius 1 is 1.14 bits per heavy atom. The molecule has 2 aliphatic rings. The van der Waals surface area contributed by atoms with E-state index in [0.717, 1.165) is 36.5 Å². The van der Waals surface area contributed by atoms with Gasteiger partial charge in [0.1, 0.15) is 6.61 Å². The van der Waals surface area contributed by atoms with Crippen molar-refractivity contribution in [3.8, 4) is 11.5 Å². The maximum Gasteiger partial charge on any atom is 0.334 e. The average Bonchev–Trinajstić information content (AvgIpc) is 3.32. The third-order valence-corrected chi connectivity index (χ3v) is 14.3. The van der Waals surface area contributed by atoms with Crippen molar-refractivity contribution in [1.29, 1.82) is 0 Å². The van der Waals surface area contributed by atoms with Crippen LogP contribution in [0.1, 0.15) is 88.6 Å². The molecule has 3 rings (SSSR count). The number of carbonyl (C=O) groups is 2. The van der Waals surface area contributed by atoms with E-state index in [2.05, 4.69) is 76.0 Å². The predicted molar refractivity (Wildman–Crippen MR) is 186 cm³/mol. The van der Waals surface area contributed by atoms with Crippen LogP contribution in [-0.4, -0.2) is 50.9 Å². The van der Waals surface area contributed by atoms with Crippen LogP contribution in [0, 0.1) is 11.8 Å². The molecule has 0 saturated carbocycles. The molecule has 0 radical (unpaired) electrons. The van der Waals surface area contributed by atoms with E-state index in [1.54, 1.807) is 19.3 Å². The van der Waals surface area contributed by atoms with Crippen molar-refractivity contribution in [1.82, 2.24) is 0 Å². The first-order valence-electron chi connectivity index (χ1n) is 15.6. The number of allylic oxidation sites excluding steroid dienone is 2. The van der Waals surface area contributed by atoms with E-state index in [4.69, 9.17) is 18.6 Å². The number of fused-ring (bicyclic) bond motifs is 2. The number of hydrogen-bond donors (Lipinski definition) is 0. The number of carbonyl (C=O) groups excluding carboxylic acids is 2. The molecule has 1 aromatic carbocycles. The van der Waals surface area contributed by atoms with Crippen LogP contribution in [0.5, 0.6) is 11.5 Å². The smallest absolute Gasteiger partial charge is 0.334 e. The molecule has 0 heterocycles. The first-order chi connectivity index (χ1) is 20.3. The quantitative estimate of drug-likeness (QED) is 0.0536. The second kappa shape index (κ2) is 15.9. The van der Waals surface area contributed by atoms with Crippen molar-refractivity contribution < 1.29 is 28.2 Å². The summed E-state index contributed by atoms with van der Waals surface area (Å²) in [4.78, 5) is 27.4. The number of unbranched alkanes of at least 4 members (excludes halogenated alkanes) is 2. The summed E-state index contributed by atoms with van der Waals surface area (Å²) in [5, 5.41) is 0.00504. The van der Waals surface area contributed by atoms with Gasteiger partial charge < -0.3 is 18.6 Å². The van der Waals surface area contributed by atoms with Gasteiger partial charge in [0.2, 0.25) is 0 Å². The van der Waals surface area contributed by atoms with Gasteiger partial charge in [0.15, 0.2) is 25.6 Å². The zero-order valence-electron chi connectivity index (χ0n) is 27.2. The molecule has 0 N–H and O–H groups in total. The van der Waals surface area contributed by atoms with Gasteiger partial charge in [0.25, 0.3) is 0 Å². The standard InChI is InChI=1S/C35H51IO6Si/c1-9-16-41-34(38)27-20-26-21-33(40-17-12-10-11-15-36)32(39-6)23-28(26)30(37)14-13-25-18-24(2)19-29(25)31(22-27)42-43(7,8)35(3,4)5/h9,18,20-21,23,25,29,31H,1,10-17,19,22H2,2-8H3/b27-20-/t25?,29-,31?/m1/s1. The lowest BCUT2D eigenvalue weighted by atomic mass is 9.84. The molecule has 0 aromatic heterocycles. The van der Waals surface area contributed by atoms with E-state index in [0.29, 0.717) is 47.6 Å². The number of ketones is 1. The first-order valence-corrected chi connectivity index (χ1v) is 20.0. The number of halogens is 1. The monoisotopic (exact) mass is 722 g/mol. The molecule has 0 amide bonds. The second-order valence-corrected chi connectivity index (χ2v) is 19.2. The molecule has 0 spiro atoms. The molecule has 1 aromatic rings. The van der Waals surface area contributed by atoms with Gasteiger partial charge in [0, 0.05) is 24.0 Å². The van der Waals surface area contributed by atoms with E-state index < -0.39 is 14.3 Å². The highest BCUT2D eigenvalue weighted by molar-refractivity contribution is 14.1. The largest absolute Gasteiger partial charge is 0.493 e. The molecule has 6 nitrogen and oxygen atoms in total. The van der Waals surface area contributed by atoms with Crippen LogP contribution in [0.3, 0.4) is 0 Å².